The lowest BCUT2D eigenvalue weighted by Gasteiger charge is -2.04. The van der Waals surface area contributed by atoms with Gasteiger partial charge in [0, 0.05) is 18.4 Å². The topological polar surface area (TPSA) is 54.4 Å². The molecule has 0 fully saturated rings. The molecule has 3 nitrogen and oxygen atoms in total. The first kappa shape index (κ1) is 12.7. The van der Waals surface area contributed by atoms with E-state index in [4.69, 9.17) is 16.7 Å². The standard InChI is InChI=1S/C12H13ClO3/c1-2-11(14)9-5-3-8(7-10(9)13)4-6-12(15)16/h3,5,7H,2,4,6H2,1H3,(H,15,16). The Labute approximate surface area is 99.0 Å². The summed E-state index contributed by atoms with van der Waals surface area (Å²) in [5, 5.41) is 8.94. The van der Waals surface area contributed by atoms with Crippen LogP contribution in [0.3, 0.4) is 0 Å². The molecule has 0 aromatic heterocycles. The summed E-state index contributed by atoms with van der Waals surface area (Å²) in [6.07, 6.45) is 0.904. The van der Waals surface area contributed by atoms with E-state index in [0.717, 1.165) is 5.56 Å². The van der Waals surface area contributed by atoms with Gasteiger partial charge in [0.25, 0.3) is 0 Å². The summed E-state index contributed by atoms with van der Waals surface area (Å²) in [6.45, 7) is 1.77. The van der Waals surface area contributed by atoms with Crippen molar-refractivity contribution in [1.82, 2.24) is 0 Å². The van der Waals surface area contributed by atoms with E-state index in [1.807, 2.05) is 0 Å². The van der Waals surface area contributed by atoms with Crippen molar-refractivity contribution in [2.45, 2.75) is 26.2 Å². The lowest BCUT2D eigenvalue weighted by molar-refractivity contribution is -0.136. The fraction of sp³-hybridized carbons (Fsp3) is 0.333. The molecule has 1 N–H and O–H groups in total. The van der Waals surface area contributed by atoms with Crippen molar-refractivity contribution in [2.24, 2.45) is 0 Å². The maximum absolute atomic E-state index is 11.4. The number of hydrogen-bond donors (Lipinski definition) is 1. The number of rotatable bonds is 5. The molecular weight excluding hydrogens is 228 g/mol. The average Bonchev–Trinajstić information content (AvgIpc) is 2.25. The molecule has 1 aromatic rings. The molecule has 86 valence electrons. The van der Waals surface area contributed by atoms with Crippen LogP contribution in [-0.4, -0.2) is 16.9 Å². The molecule has 1 aromatic carbocycles. The van der Waals surface area contributed by atoms with Crippen LogP contribution in [0.25, 0.3) is 0 Å². The number of aliphatic carboxylic acids is 1. The summed E-state index contributed by atoms with van der Waals surface area (Å²) < 4.78 is 0. The molecule has 4 heteroatoms. The first-order valence-electron chi connectivity index (χ1n) is 5.08. The highest BCUT2D eigenvalue weighted by Crippen LogP contribution is 2.20. The van der Waals surface area contributed by atoms with Crippen LogP contribution < -0.4 is 0 Å². The van der Waals surface area contributed by atoms with Crippen LogP contribution in [0.2, 0.25) is 5.02 Å². The molecule has 0 aliphatic carbocycles. The highest BCUT2D eigenvalue weighted by Gasteiger charge is 2.09. The van der Waals surface area contributed by atoms with Gasteiger partial charge in [0.1, 0.15) is 0 Å². The van der Waals surface area contributed by atoms with Crippen LogP contribution in [0.15, 0.2) is 18.2 Å². The quantitative estimate of drug-likeness (QED) is 0.805. The molecule has 0 saturated carbocycles. The van der Waals surface area contributed by atoms with Gasteiger partial charge in [0.15, 0.2) is 5.78 Å². The van der Waals surface area contributed by atoms with Gasteiger partial charge in [0.05, 0.1) is 5.02 Å². The second-order valence-electron chi connectivity index (χ2n) is 3.48. The van der Waals surface area contributed by atoms with Crippen molar-refractivity contribution < 1.29 is 14.7 Å². The number of aryl methyl sites for hydroxylation is 1. The monoisotopic (exact) mass is 240 g/mol. The van der Waals surface area contributed by atoms with E-state index in [1.165, 1.54) is 0 Å². The number of benzene rings is 1. The second-order valence-corrected chi connectivity index (χ2v) is 3.89. The number of carboxylic acids is 1. The second kappa shape index (κ2) is 5.66. The third kappa shape index (κ3) is 3.35. The van der Waals surface area contributed by atoms with E-state index in [1.54, 1.807) is 25.1 Å². The van der Waals surface area contributed by atoms with Crippen LogP contribution in [0.1, 0.15) is 35.7 Å². The minimum Gasteiger partial charge on any atom is -0.481 e. The van der Waals surface area contributed by atoms with Gasteiger partial charge in [-0.1, -0.05) is 24.6 Å². The van der Waals surface area contributed by atoms with Gasteiger partial charge in [-0.2, -0.15) is 0 Å². The normalized spacial score (nSPS) is 10.1. The minimum absolute atomic E-state index is 0.00483. The number of Topliss-reactive ketones (excluding diaryl/α,β-unsaturated/α-hetero) is 1. The van der Waals surface area contributed by atoms with Gasteiger partial charge >= 0.3 is 5.97 Å². The Kier molecular flexibility index (Phi) is 4.50. The predicted molar refractivity (Wildman–Crippen MR) is 62.0 cm³/mol. The largest absolute Gasteiger partial charge is 0.481 e. The van der Waals surface area contributed by atoms with E-state index in [-0.39, 0.29) is 12.2 Å². The summed E-state index contributed by atoms with van der Waals surface area (Å²) in [5.41, 5.74) is 1.34. The van der Waals surface area contributed by atoms with Crippen LogP contribution in [0, 0.1) is 0 Å². The van der Waals surface area contributed by atoms with E-state index in [9.17, 15) is 9.59 Å². The van der Waals surface area contributed by atoms with Crippen molar-refractivity contribution in [1.29, 1.82) is 0 Å². The number of ketones is 1. The van der Waals surface area contributed by atoms with Gasteiger partial charge in [0.2, 0.25) is 0 Å². The smallest absolute Gasteiger partial charge is 0.303 e. The highest BCUT2D eigenvalue weighted by atomic mass is 35.5. The number of carbonyl (C=O) groups is 2. The van der Waals surface area contributed by atoms with E-state index < -0.39 is 5.97 Å². The zero-order valence-corrected chi connectivity index (χ0v) is 9.75. The first-order chi connectivity index (χ1) is 7.54. The zero-order valence-electron chi connectivity index (χ0n) is 9.00. The molecule has 16 heavy (non-hydrogen) atoms. The van der Waals surface area contributed by atoms with Gasteiger partial charge in [-0.05, 0) is 24.1 Å². The fourth-order valence-corrected chi connectivity index (χ4v) is 1.69. The Hall–Kier alpha value is -1.35. The Morgan fingerprint density at radius 1 is 1.38 bits per heavy atom. The molecule has 1 rings (SSSR count). The molecule has 0 amide bonds. The van der Waals surface area contributed by atoms with Crippen molar-refractivity contribution in [3.63, 3.8) is 0 Å². The summed E-state index contributed by atoms with van der Waals surface area (Å²) in [7, 11) is 0. The fourth-order valence-electron chi connectivity index (χ4n) is 1.38. The Morgan fingerprint density at radius 2 is 2.06 bits per heavy atom. The van der Waals surface area contributed by atoms with Crippen LogP contribution >= 0.6 is 11.6 Å². The average molecular weight is 241 g/mol. The van der Waals surface area contributed by atoms with Crippen LogP contribution in [0.4, 0.5) is 0 Å². The van der Waals surface area contributed by atoms with Gasteiger partial charge < -0.3 is 5.11 Å². The Balaban J connectivity index is 2.82. The molecular formula is C12H13ClO3. The lowest BCUT2D eigenvalue weighted by atomic mass is 10.0. The Morgan fingerprint density at radius 3 is 2.56 bits per heavy atom. The molecule has 0 saturated heterocycles. The number of carbonyl (C=O) groups excluding carboxylic acids is 1. The Bertz CT molecular complexity index is 413. The summed E-state index contributed by atoms with van der Waals surface area (Å²) in [5.74, 6) is -0.848. The molecule has 0 aliphatic rings. The summed E-state index contributed by atoms with van der Waals surface area (Å²) in [4.78, 5) is 21.8. The molecule has 0 spiro atoms. The first-order valence-corrected chi connectivity index (χ1v) is 5.45. The zero-order chi connectivity index (χ0) is 12.1. The van der Waals surface area contributed by atoms with Crippen molar-refractivity contribution in [3.05, 3.63) is 34.3 Å². The molecule has 0 heterocycles. The van der Waals surface area contributed by atoms with Crippen LogP contribution in [0.5, 0.6) is 0 Å². The maximum Gasteiger partial charge on any atom is 0.303 e. The number of carboxylic acid groups (broad SMARTS) is 1. The predicted octanol–water partition coefficient (Wildman–Crippen LogP) is 2.95. The number of halogens is 1. The molecule has 0 bridgehead atoms. The van der Waals surface area contributed by atoms with E-state index in [0.29, 0.717) is 23.4 Å². The van der Waals surface area contributed by atoms with E-state index >= 15 is 0 Å². The lowest BCUT2D eigenvalue weighted by Crippen LogP contribution is -2.00. The third-order valence-corrected chi connectivity index (χ3v) is 2.60. The molecule has 0 radical (unpaired) electrons. The molecule has 0 atom stereocenters. The summed E-state index contributed by atoms with van der Waals surface area (Å²) >= 11 is 5.95. The van der Waals surface area contributed by atoms with Gasteiger partial charge in [-0.3, -0.25) is 9.59 Å². The van der Waals surface area contributed by atoms with Crippen LogP contribution in [-0.2, 0) is 11.2 Å². The van der Waals surface area contributed by atoms with Crippen molar-refractivity contribution in [2.75, 3.05) is 0 Å². The van der Waals surface area contributed by atoms with Gasteiger partial charge in [-0.25, -0.2) is 0 Å². The SMILES string of the molecule is CCC(=O)c1ccc(CCC(=O)O)cc1Cl. The van der Waals surface area contributed by atoms with Crippen molar-refractivity contribution >= 4 is 23.4 Å². The summed E-state index contributed by atoms with van der Waals surface area (Å²) in [6, 6.07) is 5.07. The van der Waals surface area contributed by atoms with Crippen molar-refractivity contribution in [3.8, 4) is 0 Å². The van der Waals surface area contributed by atoms with E-state index in [2.05, 4.69) is 0 Å². The third-order valence-electron chi connectivity index (χ3n) is 2.28. The maximum atomic E-state index is 11.4. The molecule has 0 unspecified atom stereocenters. The number of hydrogen-bond acceptors (Lipinski definition) is 2. The molecule has 0 aliphatic heterocycles. The van der Waals surface area contributed by atoms with Gasteiger partial charge in [-0.15, -0.1) is 0 Å². The highest BCUT2D eigenvalue weighted by molar-refractivity contribution is 6.34. The minimum atomic E-state index is -0.843.